The molecule has 0 spiro atoms. The summed E-state index contributed by atoms with van der Waals surface area (Å²) in [7, 11) is 0. The van der Waals surface area contributed by atoms with Crippen LogP contribution in [0.1, 0.15) is 5.69 Å². The fourth-order valence-corrected chi connectivity index (χ4v) is 1.87. The summed E-state index contributed by atoms with van der Waals surface area (Å²) in [4.78, 5) is 4.14. The Morgan fingerprint density at radius 2 is 2.33 bits per heavy atom. The van der Waals surface area contributed by atoms with Crippen molar-refractivity contribution >= 4 is 28.6 Å². The average Bonchev–Trinajstić information content (AvgIpc) is 2.73. The summed E-state index contributed by atoms with van der Waals surface area (Å²) in [5.41, 5.74) is 3.65. The third-order valence-corrected chi connectivity index (χ3v) is 2.84. The maximum absolute atomic E-state index is 9.23. The van der Waals surface area contributed by atoms with Crippen molar-refractivity contribution in [1.82, 2.24) is 4.98 Å². The number of hydrogen-bond acceptors (Lipinski definition) is 4. The van der Waals surface area contributed by atoms with Crippen molar-refractivity contribution in [2.75, 3.05) is 5.32 Å². The Morgan fingerprint density at radius 3 is 3.00 bits per heavy atom. The maximum atomic E-state index is 9.23. The summed E-state index contributed by atoms with van der Waals surface area (Å²) in [5.74, 6) is 0.0934. The van der Waals surface area contributed by atoms with Gasteiger partial charge in [0.25, 0.3) is 0 Å². The molecule has 0 atom stereocenters. The number of rotatable bonds is 3. The number of phenols is 1. The fourth-order valence-electron chi connectivity index (χ4n) is 1.13. The second kappa shape index (κ2) is 4.51. The van der Waals surface area contributed by atoms with Gasteiger partial charge in [0, 0.05) is 11.1 Å². The van der Waals surface area contributed by atoms with E-state index in [1.165, 1.54) is 0 Å². The van der Waals surface area contributed by atoms with Crippen LogP contribution >= 0.6 is 22.9 Å². The number of nitrogens with zero attached hydrogens (tertiary/aromatic N) is 1. The van der Waals surface area contributed by atoms with Crippen LogP contribution in [0.25, 0.3) is 0 Å². The molecule has 1 heterocycles. The molecule has 78 valence electrons. The van der Waals surface area contributed by atoms with Gasteiger partial charge >= 0.3 is 0 Å². The third-order valence-electron chi connectivity index (χ3n) is 1.90. The van der Waals surface area contributed by atoms with Crippen LogP contribution in [0.15, 0.2) is 29.1 Å². The van der Waals surface area contributed by atoms with Gasteiger partial charge in [0.15, 0.2) is 0 Å². The molecule has 0 bridgehead atoms. The Kier molecular flexibility index (Phi) is 3.08. The topological polar surface area (TPSA) is 45.1 Å². The molecule has 0 aliphatic rings. The van der Waals surface area contributed by atoms with Crippen LogP contribution in [0.2, 0.25) is 5.02 Å². The summed E-state index contributed by atoms with van der Waals surface area (Å²) in [5, 5.41) is 14.7. The number of hydrogen-bond donors (Lipinski definition) is 2. The van der Waals surface area contributed by atoms with Gasteiger partial charge < -0.3 is 10.4 Å². The van der Waals surface area contributed by atoms with E-state index in [1.807, 2.05) is 5.38 Å². The van der Waals surface area contributed by atoms with Crippen LogP contribution in [0.3, 0.4) is 0 Å². The van der Waals surface area contributed by atoms with Gasteiger partial charge in [-0.15, -0.1) is 11.3 Å². The van der Waals surface area contributed by atoms with Crippen molar-refractivity contribution in [2.45, 2.75) is 6.54 Å². The van der Waals surface area contributed by atoms with E-state index in [1.54, 1.807) is 35.0 Å². The zero-order chi connectivity index (χ0) is 10.7. The Balaban J connectivity index is 2.02. The Labute approximate surface area is 96.4 Å². The number of nitrogens with one attached hydrogen (secondary N) is 1. The molecule has 0 amide bonds. The van der Waals surface area contributed by atoms with E-state index in [2.05, 4.69) is 10.3 Å². The molecule has 1 aromatic carbocycles. The predicted octanol–water partition coefficient (Wildman–Crippen LogP) is 3.11. The lowest BCUT2D eigenvalue weighted by atomic mass is 10.3. The Hall–Kier alpha value is -1.26. The van der Waals surface area contributed by atoms with Crippen LogP contribution in [0.4, 0.5) is 5.69 Å². The van der Waals surface area contributed by atoms with Gasteiger partial charge in [-0.2, -0.15) is 0 Å². The molecule has 0 saturated heterocycles. The standard InChI is InChI=1S/C10H9ClN2OS/c11-9-3-7(1-2-10(9)14)12-4-8-5-15-6-13-8/h1-3,5-6,12,14H,4H2. The first kappa shape index (κ1) is 10.3. The molecule has 2 aromatic rings. The monoisotopic (exact) mass is 240 g/mol. The highest BCUT2D eigenvalue weighted by Crippen LogP contribution is 2.26. The van der Waals surface area contributed by atoms with E-state index in [0.29, 0.717) is 11.6 Å². The van der Waals surface area contributed by atoms with E-state index in [4.69, 9.17) is 11.6 Å². The van der Waals surface area contributed by atoms with Crippen LogP contribution in [-0.4, -0.2) is 10.1 Å². The smallest absolute Gasteiger partial charge is 0.134 e. The molecule has 5 heteroatoms. The average molecular weight is 241 g/mol. The molecule has 0 aliphatic heterocycles. The minimum absolute atomic E-state index is 0.0934. The van der Waals surface area contributed by atoms with Crippen LogP contribution < -0.4 is 5.32 Å². The first-order valence-corrected chi connectivity index (χ1v) is 5.67. The van der Waals surface area contributed by atoms with Gasteiger partial charge in [-0.05, 0) is 18.2 Å². The van der Waals surface area contributed by atoms with Crippen molar-refractivity contribution in [1.29, 1.82) is 0 Å². The van der Waals surface area contributed by atoms with E-state index in [0.717, 1.165) is 11.4 Å². The largest absolute Gasteiger partial charge is 0.506 e. The number of aromatic nitrogens is 1. The third kappa shape index (κ3) is 2.61. The van der Waals surface area contributed by atoms with Crippen LogP contribution in [0, 0.1) is 0 Å². The van der Waals surface area contributed by atoms with Gasteiger partial charge in [0.05, 0.1) is 22.8 Å². The quantitative estimate of drug-likeness (QED) is 0.811. The molecular formula is C10H9ClN2OS. The van der Waals surface area contributed by atoms with Gasteiger partial charge in [0.1, 0.15) is 5.75 Å². The number of aromatic hydroxyl groups is 1. The first-order valence-electron chi connectivity index (χ1n) is 4.35. The second-order valence-corrected chi connectivity index (χ2v) is 4.13. The summed E-state index contributed by atoms with van der Waals surface area (Å²) >= 11 is 7.33. The molecule has 2 rings (SSSR count). The Morgan fingerprint density at radius 1 is 1.47 bits per heavy atom. The number of thiazole rings is 1. The molecule has 15 heavy (non-hydrogen) atoms. The summed E-state index contributed by atoms with van der Waals surface area (Å²) < 4.78 is 0. The maximum Gasteiger partial charge on any atom is 0.134 e. The zero-order valence-electron chi connectivity index (χ0n) is 7.77. The first-order chi connectivity index (χ1) is 7.25. The van der Waals surface area contributed by atoms with Crippen molar-refractivity contribution < 1.29 is 5.11 Å². The summed E-state index contributed by atoms with van der Waals surface area (Å²) in [6, 6.07) is 5.02. The van der Waals surface area contributed by atoms with E-state index >= 15 is 0 Å². The molecular weight excluding hydrogens is 232 g/mol. The summed E-state index contributed by atoms with van der Waals surface area (Å²) in [6.07, 6.45) is 0. The molecule has 0 aliphatic carbocycles. The van der Waals surface area contributed by atoms with Gasteiger partial charge in [-0.25, -0.2) is 4.98 Å². The van der Waals surface area contributed by atoms with Crippen molar-refractivity contribution in [3.8, 4) is 5.75 Å². The number of benzene rings is 1. The van der Waals surface area contributed by atoms with E-state index in [-0.39, 0.29) is 5.75 Å². The fraction of sp³-hybridized carbons (Fsp3) is 0.100. The summed E-state index contributed by atoms with van der Waals surface area (Å²) in [6.45, 7) is 0.657. The lowest BCUT2D eigenvalue weighted by molar-refractivity contribution is 0.475. The highest BCUT2D eigenvalue weighted by atomic mass is 35.5. The van der Waals surface area contributed by atoms with Crippen molar-refractivity contribution in [2.24, 2.45) is 0 Å². The lowest BCUT2D eigenvalue weighted by Crippen LogP contribution is -1.98. The van der Waals surface area contributed by atoms with Crippen molar-refractivity contribution in [3.63, 3.8) is 0 Å². The molecule has 0 radical (unpaired) electrons. The van der Waals surface area contributed by atoms with Crippen LogP contribution in [0.5, 0.6) is 5.75 Å². The molecule has 2 N–H and O–H groups in total. The van der Waals surface area contributed by atoms with Crippen molar-refractivity contribution in [3.05, 3.63) is 39.8 Å². The molecule has 1 aromatic heterocycles. The SMILES string of the molecule is Oc1ccc(NCc2cscn2)cc1Cl. The highest BCUT2D eigenvalue weighted by molar-refractivity contribution is 7.07. The molecule has 3 nitrogen and oxygen atoms in total. The lowest BCUT2D eigenvalue weighted by Gasteiger charge is -2.05. The van der Waals surface area contributed by atoms with Crippen LogP contribution in [-0.2, 0) is 6.54 Å². The second-order valence-electron chi connectivity index (χ2n) is 3.00. The minimum atomic E-state index is 0.0934. The Bertz CT molecular complexity index is 445. The van der Waals surface area contributed by atoms with Gasteiger partial charge in [-0.1, -0.05) is 11.6 Å². The van der Waals surface area contributed by atoms with E-state index in [9.17, 15) is 5.11 Å². The van der Waals surface area contributed by atoms with E-state index < -0.39 is 0 Å². The number of halogens is 1. The molecule has 0 saturated carbocycles. The number of phenolic OH excluding ortho intramolecular Hbond substituents is 1. The zero-order valence-corrected chi connectivity index (χ0v) is 9.35. The highest BCUT2D eigenvalue weighted by Gasteiger charge is 2.00. The predicted molar refractivity (Wildman–Crippen MR) is 62.6 cm³/mol. The molecule has 0 fully saturated rings. The minimum Gasteiger partial charge on any atom is -0.506 e. The van der Waals surface area contributed by atoms with Gasteiger partial charge in [0.2, 0.25) is 0 Å². The normalized spacial score (nSPS) is 10.2. The molecule has 0 unspecified atom stereocenters. The number of anilines is 1. The van der Waals surface area contributed by atoms with Gasteiger partial charge in [-0.3, -0.25) is 0 Å².